The van der Waals surface area contributed by atoms with Crippen molar-refractivity contribution in [3.05, 3.63) is 35.4 Å². The monoisotopic (exact) mass is 270 g/mol. The lowest BCUT2D eigenvalue weighted by Gasteiger charge is -2.09. The summed E-state index contributed by atoms with van der Waals surface area (Å²) in [5.41, 5.74) is 6.84. The highest BCUT2D eigenvalue weighted by Crippen LogP contribution is 2.21. The highest BCUT2D eigenvalue weighted by molar-refractivity contribution is 7.88. The molecule has 0 aromatic heterocycles. The molecule has 2 rings (SSSR count). The summed E-state index contributed by atoms with van der Waals surface area (Å²) in [6.07, 6.45) is 1.85. The van der Waals surface area contributed by atoms with Gasteiger partial charge in [0, 0.05) is 11.6 Å². The van der Waals surface area contributed by atoms with E-state index >= 15 is 0 Å². The van der Waals surface area contributed by atoms with Gasteiger partial charge < -0.3 is 5.73 Å². The zero-order valence-electron chi connectivity index (χ0n) is 9.22. The molecule has 0 atom stereocenters. The Morgan fingerprint density at radius 3 is 2.65 bits per heavy atom. The summed E-state index contributed by atoms with van der Waals surface area (Å²) in [5, 5.41) is 0. The number of rotatable bonds is 5. The maximum atomic E-state index is 11.8. The van der Waals surface area contributed by atoms with Crippen molar-refractivity contribution in [2.24, 2.45) is 5.73 Å². The van der Waals surface area contributed by atoms with Crippen LogP contribution in [0.2, 0.25) is 0 Å². The van der Waals surface area contributed by atoms with Gasteiger partial charge in [-0.3, -0.25) is 0 Å². The average molecular weight is 270 g/mol. The molecule has 0 amide bonds. The Hall–Kier alpha value is -0.980. The second kappa shape index (κ2) is 4.72. The van der Waals surface area contributed by atoms with Crippen LogP contribution in [0.3, 0.4) is 0 Å². The van der Waals surface area contributed by atoms with Gasteiger partial charge in [0.05, 0.1) is 5.75 Å². The number of hydrogen-bond acceptors (Lipinski definition) is 3. The second-order valence-corrected chi connectivity index (χ2v) is 6.37. The molecular weight excluding hydrogens is 256 g/mol. The van der Waals surface area contributed by atoms with Gasteiger partial charge in [-0.1, -0.05) is 36.5 Å². The molecule has 0 heterocycles. The van der Waals surface area contributed by atoms with E-state index in [-0.39, 0.29) is 16.8 Å². The summed E-state index contributed by atoms with van der Waals surface area (Å²) >= 11 is 4.90. The van der Waals surface area contributed by atoms with Crippen LogP contribution in [0.15, 0.2) is 24.3 Å². The third-order valence-corrected chi connectivity index (χ3v) is 4.16. The zero-order valence-corrected chi connectivity index (χ0v) is 10.9. The van der Waals surface area contributed by atoms with Gasteiger partial charge in [0.2, 0.25) is 10.0 Å². The summed E-state index contributed by atoms with van der Waals surface area (Å²) in [7, 11) is -3.29. The standard InChI is InChI=1S/C11H14N2O2S2/c12-11(16)10-4-2-1-3-8(10)7-17(14,15)13-9-5-6-9/h1-4,9,13H,5-7H2,(H2,12,16). The first-order valence-electron chi connectivity index (χ1n) is 5.36. The number of sulfonamides is 1. The minimum Gasteiger partial charge on any atom is -0.389 e. The normalized spacial score (nSPS) is 15.8. The maximum Gasteiger partial charge on any atom is 0.216 e. The van der Waals surface area contributed by atoms with Crippen molar-refractivity contribution < 1.29 is 8.42 Å². The second-order valence-electron chi connectivity index (χ2n) is 4.17. The first-order chi connectivity index (χ1) is 7.98. The lowest BCUT2D eigenvalue weighted by Crippen LogP contribution is -2.28. The molecule has 6 heteroatoms. The van der Waals surface area contributed by atoms with Crippen LogP contribution in [0, 0.1) is 0 Å². The number of thiocarbonyl (C=S) groups is 1. The third kappa shape index (κ3) is 3.49. The molecule has 0 saturated heterocycles. The van der Waals surface area contributed by atoms with Crippen LogP contribution in [-0.4, -0.2) is 19.4 Å². The van der Waals surface area contributed by atoms with Crippen molar-refractivity contribution in [1.82, 2.24) is 4.72 Å². The van der Waals surface area contributed by atoms with Crippen molar-refractivity contribution in [3.63, 3.8) is 0 Å². The minimum absolute atomic E-state index is 0.0724. The van der Waals surface area contributed by atoms with Crippen molar-refractivity contribution in [2.45, 2.75) is 24.6 Å². The van der Waals surface area contributed by atoms with Crippen LogP contribution < -0.4 is 10.5 Å². The lowest BCUT2D eigenvalue weighted by molar-refractivity contribution is 0.580. The quantitative estimate of drug-likeness (QED) is 0.780. The van der Waals surface area contributed by atoms with Gasteiger partial charge in [-0.2, -0.15) is 0 Å². The van der Waals surface area contributed by atoms with Gasteiger partial charge in [0.1, 0.15) is 4.99 Å². The van der Waals surface area contributed by atoms with E-state index in [0.717, 1.165) is 12.8 Å². The largest absolute Gasteiger partial charge is 0.389 e. The minimum atomic E-state index is -3.29. The Labute approximate surface area is 106 Å². The van der Waals surface area contributed by atoms with E-state index in [1.54, 1.807) is 24.3 Å². The Morgan fingerprint density at radius 2 is 2.06 bits per heavy atom. The summed E-state index contributed by atoms with van der Waals surface area (Å²) in [6.45, 7) is 0. The van der Waals surface area contributed by atoms with Gasteiger partial charge >= 0.3 is 0 Å². The first-order valence-corrected chi connectivity index (χ1v) is 7.42. The van der Waals surface area contributed by atoms with E-state index in [0.29, 0.717) is 11.1 Å². The molecule has 17 heavy (non-hydrogen) atoms. The molecule has 92 valence electrons. The smallest absolute Gasteiger partial charge is 0.216 e. The van der Waals surface area contributed by atoms with Crippen LogP contribution in [0.1, 0.15) is 24.0 Å². The van der Waals surface area contributed by atoms with Gasteiger partial charge in [0.25, 0.3) is 0 Å². The number of hydrogen-bond donors (Lipinski definition) is 2. The van der Waals surface area contributed by atoms with E-state index in [1.165, 1.54) is 0 Å². The topological polar surface area (TPSA) is 72.2 Å². The highest BCUT2D eigenvalue weighted by Gasteiger charge is 2.27. The molecule has 1 aliphatic carbocycles. The molecule has 1 aromatic rings. The van der Waals surface area contributed by atoms with Crippen LogP contribution in [0.25, 0.3) is 0 Å². The summed E-state index contributed by atoms with van der Waals surface area (Å²) in [6, 6.07) is 7.17. The maximum absolute atomic E-state index is 11.8. The first kappa shape index (κ1) is 12.5. The fourth-order valence-electron chi connectivity index (χ4n) is 1.59. The summed E-state index contributed by atoms with van der Waals surface area (Å²) in [5.74, 6) is -0.0724. The SMILES string of the molecule is NC(=S)c1ccccc1CS(=O)(=O)NC1CC1. The molecule has 3 N–H and O–H groups in total. The third-order valence-electron chi connectivity index (χ3n) is 2.55. The Morgan fingerprint density at radius 1 is 1.41 bits per heavy atom. The van der Waals surface area contributed by atoms with E-state index in [9.17, 15) is 8.42 Å². The van der Waals surface area contributed by atoms with E-state index < -0.39 is 10.0 Å². The number of nitrogens with two attached hydrogens (primary N) is 1. The Bertz CT molecular complexity index is 536. The fourth-order valence-corrected chi connectivity index (χ4v) is 3.28. The molecule has 1 saturated carbocycles. The molecule has 4 nitrogen and oxygen atoms in total. The molecule has 1 aliphatic rings. The van der Waals surface area contributed by atoms with Gasteiger partial charge in [-0.15, -0.1) is 0 Å². The lowest BCUT2D eigenvalue weighted by atomic mass is 10.1. The van der Waals surface area contributed by atoms with E-state index in [2.05, 4.69) is 4.72 Å². The summed E-state index contributed by atoms with van der Waals surface area (Å²) in [4.78, 5) is 0.224. The zero-order chi connectivity index (χ0) is 12.5. The number of benzene rings is 1. The van der Waals surface area contributed by atoms with Crippen LogP contribution in [-0.2, 0) is 15.8 Å². The molecule has 0 spiro atoms. The predicted molar refractivity (Wildman–Crippen MR) is 71.1 cm³/mol. The average Bonchev–Trinajstić information content (AvgIpc) is 3.00. The predicted octanol–water partition coefficient (Wildman–Crippen LogP) is 0.903. The van der Waals surface area contributed by atoms with Gasteiger partial charge in [0.15, 0.2) is 0 Å². The number of nitrogens with one attached hydrogen (secondary N) is 1. The molecule has 0 unspecified atom stereocenters. The van der Waals surface area contributed by atoms with Crippen molar-refractivity contribution in [2.75, 3.05) is 0 Å². The Kier molecular flexibility index (Phi) is 3.46. The molecule has 0 radical (unpaired) electrons. The van der Waals surface area contributed by atoms with Crippen LogP contribution in [0.4, 0.5) is 0 Å². The fraction of sp³-hybridized carbons (Fsp3) is 0.364. The molecule has 0 bridgehead atoms. The summed E-state index contributed by atoms with van der Waals surface area (Å²) < 4.78 is 26.3. The van der Waals surface area contributed by atoms with E-state index in [4.69, 9.17) is 18.0 Å². The van der Waals surface area contributed by atoms with Gasteiger partial charge in [-0.05, 0) is 18.4 Å². The van der Waals surface area contributed by atoms with Gasteiger partial charge in [-0.25, -0.2) is 13.1 Å². The van der Waals surface area contributed by atoms with Crippen molar-refractivity contribution >= 4 is 27.2 Å². The van der Waals surface area contributed by atoms with Crippen LogP contribution >= 0.6 is 12.2 Å². The van der Waals surface area contributed by atoms with Crippen LogP contribution in [0.5, 0.6) is 0 Å². The Balaban J connectivity index is 2.20. The van der Waals surface area contributed by atoms with E-state index in [1.807, 2.05) is 0 Å². The molecular formula is C11H14N2O2S2. The molecule has 1 fully saturated rings. The molecule has 0 aliphatic heterocycles. The van der Waals surface area contributed by atoms with Crippen molar-refractivity contribution in [1.29, 1.82) is 0 Å². The highest BCUT2D eigenvalue weighted by atomic mass is 32.2. The molecule has 1 aromatic carbocycles. The van der Waals surface area contributed by atoms with Crippen molar-refractivity contribution in [3.8, 4) is 0 Å².